The van der Waals surface area contributed by atoms with Gasteiger partial charge in [0.25, 0.3) is 11.8 Å². The van der Waals surface area contributed by atoms with Crippen molar-refractivity contribution in [3.8, 4) is 0 Å². The van der Waals surface area contributed by atoms with E-state index in [4.69, 9.17) is 4.42 Å². The van der Waals surface area contributed by atoms with Crippen LogP contribution in [-0.4, -0.2) is 46.8 Å². The predicted octanol–water partition coefficient (Wildman–Crippen LogP) is 3.02. The number of carbonyl (C=O) groups is 2. The van der Waals surface area contributed by atoms with Gasteiger partial charge in [-0.25, -0.2) is 0 Å². The Labute approximate surface area is 139 Å². The average Bonchev–Trinajstić information content (AvgIpc) is 3.20. The SMILES string of the molecule is Cc1ccsc1C(=O)N1CCN(C(=O)c2ccoc2)[C@H](C)[C@H]1C. The van der Waals surface area contributed by atoms with E-state index in [0.29, 0.717) is 18.7 Å². The van der Waals surface area contributed by atoms with Gasteiger partial charge in [-0.1, -0.05) is 0 Å². The van der Waals surface area contributed by atoms with Crippen molar-refractivity contribution in [3.63, 3.8) is 0 Å². The van der Waals surface area contributed by atoms with E-state index in [1.807, 2.05) is 42.0 Å². The molecule has 6 heteroatoms. The number of piperazine rings is 1. The first-order chi connectivity index (χ1) is 11.0. The first-order valence-electron chi connectivity index (χ1n) is 7.69. The minimum Gasteiger partial charge on any atom is -0.472 e. The zero-order chi connectivity index (χ0) is 16.6. The van der Waals surface area contributed by atoms with Crippen molar-refractivity contribution in [3.05, 3.63) is 46.0 Å². The van der Waals surface area contributed by atoms with E-state index < -0.39 is 0 Å². The lowest BCUT2D eigenvalue weighted by molar-refractivity contribution is 0.0243. The van der Waals surface area contributed by atoms with Crippen molar-refractivity contribution < 1.29 is 14.0 Å². The Morgan fingerprint density at radius 3 is 2.30 bits per heavy atom. The van der Waals surface area contributed by atoms with Gasteiger partial charge in [0, 0.05) is 25.2 Å². The number of hydrogen-bond acceptors (Lipinski definition) is 4. The molecule has 3 rings (SSSR count). The second-order valence-electron chi connectivity index (χ2n) is 5.92. The maximum atomic E-state index is 12.8. The molecule has 122 valence electrons. The van der Waals surface area contributed by atoms with E-state index >= 15 is 0 Å². The molecule has 0 aromatic carbocycles. The fraction of sp³-hybridized carbons (Fsp3) is 0.412. The van der Waals surface area contributed by atoms with E-state index in [1.54, 1.807) is 6.07 Å². The highest BCUT2D eigenvalue weighted by molar-refractivity contribution is 7.12. The molecule has 1 aliphatic heterocycles. The Kier molecular flexibility index (Phi) is 4.26. The van der Waals surface area contributed by atoms with Crippen molar-refractivity contribution in [2.24, 2.45) is 0 Å². The summed E-state index contributed by atoms with van der Waals surface area (Å²) in [4.78, 5) is 29.8. The van der Waals surface area contributed by atoms with Crippen molar-refractivity contribution >= 4 is 23.2 Å². The number of carbonyl (C=O) groups excluding carboxylic acids is 2. The summed E-state index contributed by atoms with van der Waals surface area (Å²) >= 11 is 1.48. The largest absolute Gasteiger partial charge is 0.472 e. The fourth-order valence-corrected chi connectivity index (χ4v) is 3.87. The third-order valence-electron chi connectivity index (χ3n) is 4.61. The summed E-state index contributed by atoms with van der Waals surface area (Å²) in [5.41, 5.74) is 1.56. The monoisotopic (exact) mass is 332 g/mol. The number of rotatable bonds is 2. The minimum atomic E-state index is -0.0460. The molecule has 0 aliphatic carbocycles. The Balaban J connectivity index is 1.76. The first kappa shape index (κ1) is 15.8. The number of furan rings is 1. The van der Waals surface area contributed by atoms with Gasteiger partial charge in [-0.15, -0.1) is 11.3 Å². The van der Waals surface area contributed by atoms with Crippen LogP contribution < -0.4 is 0 Å². The molecule has 2 atom stereocenters. The summed E-state index contributed by atoms with van der Waals surface area (Å²) in [6, 6.07) is 3.56. The van der Waals surface area contributed by atoms with Crippen LogP contribution in [0.2, 0.25) is 0 Å². The highest BCUT2D eigenvalue weighted by atomic mass is 32.1. The lowest BCUT2D eigenvalue weighted by Gasteiger charge is -2.44. The summed E-state index contributed by atoms with van der Waals surface area (Å²) in [7, 11) is 0. The van der Waals surface area contributed by atoms with Crippen molar-refractivity contribution in [1.82, 2.24) is 9.80 Å². The molecule has 0 saturated carbocycles. The summed E-state index contributed by atoms with van der Waals surface area (Å²) in [6.45, 7) is 7.02. The summed E-state index contributed by atoms with van der Waals surface area (Å²) < 4.78 is 5.00. The second-order valence-corrected chi connectivity index (χ2v) is 6.84. The number of hydrogen-bond donors (Lipinski definition) is 0. The molecule has 1 fully saturated rings. The summed E-state index contributed by atoms with van der Waals surface area (Å²) in [6.07, 6.45) is 2.97. The number of thiophene rings is 1. The Morgan fingerprint density at radius 1 is 1.13 bits per heavy atom. The smallest absolute Gasteiger partial charge is 0.264 e. The molecule has 0 unspecified atom stereocenters. The molecule has 2 amide bonds. The predicted molar refractivity (Wildman–Crippen MR) is 88.8 cm³/mol. The van der Waals surface area contributed by atoms with E-state index in [9.17, 15) is 9.59 Å². The van der Waals surface area contributed by atoms with E-state index in [1.165, 1.54) is 23.9 Å². The Bertz CT molecular complexity index is 707. The van der Waals surface area contributed by atoms with Gasteiger partial charge in [0.15, 0.2) is 0 Å². The van der Waals surface area contributed by atoms with Gasteiger partial charge in [-0.2, -0.15) is 0 Å². The van der Waals surface area contributed by atoms with Crippen molar-refractivity contribution in [2.45, 2.75) is 32.9 Å². The highest BCUT2D eigenvalue weighted by Crippen LogP contribution is 2.24. The molecule has 2 aromatic rings. The van der Waals surface area contributed by atoms with Crippen LogP contribution in [-0.2, 0) is 0 Å². The van der Waals surface area contributed by atoms with Crippen LogP contribution in [0.3, 0.4) is 0 Å². The zero-order valence-electron chi connectivity index (χ0n) is 13.5. The molecule has 3 heterocycles. The molecule has 23 heavy (non-hydrogen) atoms. The van der Waals surface area contributed by atoms with Gasteiger partial charge < -0.3 is 14.2 Å². The van der Waals surface area contributed by atoms with Gasteiger partial charge in [-0.3, -0.25) is 9.59 Å². The molecule has 1 aliphatic rings. The standard InChI is InChI=1S/C17H20N2O3S/c1-11-5-9-23-15(11)17(21)19-7-6-18(12(2)13(19)3)16(20)14-4-8-22-10-14/h4-5,8-10,12-13H,6-7H2,1-3H3/t12-,13-/m1/s1. The maximum Gasteiger partial charge on any atom is 0.264 e. The Morgan fingerprint density at radius 2 is 1.78 bits per heavy atom. The van der Waals surface area contributed by atoms with Gasteiger partial charge in [0.1, 0.15) is 6.26 Å². The quantitative estimate of drug-likeness (QED) is 0.849. The van der Waals surface area contributed by atoms with E-state index in [-0.39, 0.29) is 23.9 Å². The molecule has 5 nitrogen and oxygen atoms in total. The molecule has 0 bridgehead atoms. The molecule has 2 aromatic heterocycles. The number of amides is 2. The van der Waals surface area contributed by atoms with Crippen LogP contribution in [0, 0.1) is 6.92 Å². The third kappa shape index (κ3) is 2.79. The molecular weight excluding hydrogens is 312 g/mol. The fourth-order valence-electron chi connectivity index (χ4n) is 2.99. The van der Waals surface area contributed by atoms with Crippen LogP contribution in [0.15, 0.2) is 34.5 Å². The molecule has 0 N–H and O–H groups in total. The lowest BCUT2D eigenvalue weighted by Crippen LogP contribution is -2.60. The van der Waals surface area contributed by atoms with Crippen LogP contribution in [0.5, 0.6) is 0 Å². The van der Waals surface area contributed by atoms with Crippen LogP contribution in [0.4, 0.5) is 0 Å². The van der Waals surface area contributed by atoms with Crippen molar-refractivity contribution in [1.29, 1.82) is 0 Å². The van der Waals surface area contributed by atoms with E-state index in [2.05, 4.69) is 0 Å². The van der Waals surface area contributed by atoms with E-state index in [0.717, 1.165) is 10.4 Å². The first-order valence-corrected chi connectivity index (χ1v) is 8.57. The average molecular weight is 332 g/mol. The maximum absolute atomic E-state index is 12.8. The highest BCUT2D eigenvalue weighted by Gasteiger charge is 2.37. The lowest BCUT2D eigenvalue weighted by atomic mass is 10.0. The van der Waals surface area contributed by atoms with Gasteiger partial charge >= 0.3 is 0 Å². The normalized spacial score (nSPS) is 21.5. The van der Waals surface area contributed by atoms with Gasteiger partial charge in [0.05, 0.1) is 16.7 Å². The van der Waals surface area contributed by atoms with Crippen LogP contribution >= 0.6 is 11.3 Å². The number of nitrogens with zero attached hydrogens (tertiary/aromatic N) is 2. The van der Waals surface area contributed by atoms with Gasteiger partial charge in [-0.05, 0) is 43.8 Å². The summed E-state index contributed by atoms with van der Waals surface area (Å²) in [5, 5.41) is 1.94. The zero-order valence-corrected chi connectivity index (χ0v) is 14.3. The minimum absolute atomic E-state index is 0.0337. The van der Waals surface area contributed by atoms with Gasteiger partial charge in [0.2, 0.25) is 0 Å². The molecule has 0 radical (unpaired) electrons. The van der Waals surface area contributed by atoms with Crippen LogP contribution in [0.25, 0.3) is 0 Å². The second kappa shape index (κ2) is 6.20. The molecule has 1 saturated heterocycles. The molecule has 0 spiro atoms. The van der Waals surface area contributed by atoms with Crippen LogP contribution in [0.1, 0.15) is 39.4 Å². The third-order valence-corrected chi connectivity index (χ3v) is 5.61. The molecular formula is C17H20N2O3S. The summed E-state index contributed by atoms with van der Waals surface area (Å²) in [5.74, 6) is 0.0183. The topological polar surface area (TPSA) is 53.8 Å². The van der Waals surface area contributed by atoms with Crippen molar-refractivity contribution in [2.75, 3.05) is 13.1 Å². The Hall–Kier alpha value is -2.08. The number of aryl methyl sites for hydroxylation is 1.